The van der Waals surface area contributed by atoms with Crippen LogP contribution in [-0.2, 0) is 0 Å². The number of anilines is 1. The van der Waals surface area contributed by atoms with Crippen molar-refractivity contribution >= 4 is 61.3 Å². The van der Waals surface area contributed by atoms with E-state index in [1.165, 1.54) is 0 Å². The SMILES string of the molecule is Br.COc1ccc(N(CC(=O)c2ccc(Br)cc2)C2=NCCCS2)cc1. The Morgan fingerprint density at radius 3 is 2.46 bits per heavy atom. The molecule has 0 spiro atoms. The van der Waals surface area contributed by atoms with Gasteiger partial charge in [-0.3, -0.25) is 9.79 Å². The Balaban J connectivity index is 0.00000243. The van der Waals surface area contributed by atoms with Gasteiger partial charge in [-0.15, -0.1) is 17.0 Å². The Kier molecular flexibility index (Phi) is 8.18. The molecule has 3 rings (SSSR count). The zero-order valence-electron chi connectivity index (χ0n) is 14.4. The fourth-order valence-electron chi connectivity index (χ4n) is 2.51. The van der Waals surface area contributed by atoms with Crippen LogP contribution < -0.4 is 9.64 Å². The van der Waals surface area contributed by atoms with E-state index in [1.807, 2.05) is 53.4 Å². The number of benzene rings is 2. The van der Waals surface area contributed by atoms with Gasteiger partial charge in [0.15, 0.2) is 11.0 Å². The Morgan fingerprint density at radius 2 is 1.88 bits per heavy atom. The summed E-state index contributed by atoms with van der Waals surface area (Å²) in [5.74, 6) is 1.89. The number of nitrogens with zero attached hydrogens (tertiary/aromatic N) is 2. The van der Waals surface area contributed by atoms with Crippen molar-refractivity contribution in [3.05, 3.63) is 58.6 Å². The van der Waals surface area contributed by atoms with E-state index in [1.54, 1.807) is 18.9 Å². The van der Waals surface area contributed by atoms with Gasteiger partial charge < -0.3 is 9.64 Å². The van der Waals surface area contributed by atoms with Crippen LogP contribution in [0.2, 0.25) is 0 Å². The second-order valence-corrected chi connectivity index (χ2v) is 7.56. The first-order chi connectivity index (χ1) is 12.2. The van der Waals surface area contributed by atoms with Crippen molar-refractivity contribution in [2.45, 2.75) is 6.42 Å². The van der Waals surface area contributed by atoms with Crippen molar-refractivity contribution < 1.29 is 9.53 Å². The van der Waals surface area contributed by atoms with Crippen LogP contribution in [0.5, 0.6) is 5.75 Å². The molecule has 0 amide bonds. The van der Waals surface area contributed by atoms with Crippen molar-refractivity contribution in [2.75, 3.05) is 30.9 Å². The Bertz CT molecular complexity index is 764. The van der Waals surface area contributed by atoms with Gasteiger partial charge in [-0.25, -0.2) is 0 Å². The molecule has 0 bridgehead atoms. The van der Waals surface area contributed by atoms with Gasteiger partial charge >= 0.3 is 0 Å². The van der Waals surface area contributed by atoms with Gasteiger partial charge in [0.2, 0.25) is 0 Å². The van der Waals surface area contributed by atoms with Crippen LogP contribution in [0.15, 0.2) is 58.0 Å². The fourth-order valence-corrected chi connectivity index (χ4v) is 3.74. The van der Waals surface area contributed by atoms with Gasteiger partial charge in [-0.05, 0) is 42.8 Å². The zero-order chi connectivity index (χ0) is 17.6. The molecule has 26 heavy (non-hydrogen) atoms. The molecule has 7 heteroatoms. The number of amidine groups is 1. The van der Waals surface area contributed by atoms with Crippen LogP contribution in [-0.4, -0.2) is 36.9 Å². The number of halogens is 2. The number of aliphatic imine (C=N–C) groups is 1. The van der Waals surface area contributed by atoms with E-state index >= 15 is 0 Å². The van der Waals surface area contributed by atoms with Gasteiger partial charge in [0.25, 0.3) is 0 Å². The molecule has 2 aromatic rings. The average molecular weight is 500 g/mol. The number of carbonyl (C=O) groups excluding carboxylic acids is 1. The largest absolute Gasteiger partial charge is 0.497 e. The van der Waals surface area contributed by atoms with Crippen molar-refractivity contribution in [3.63, 3.8) is 0 Å². The van der Waals surface area contributed by atoms with Crippen LogP contribution in [0, 0.1) is 0 Å². The molecule has 4 nitrogen and oxygen atoms in total. The molecule has 0 N–H and O–H groups in total. The lowest BCUT2D eigenvalue weighted by Gasteiger charge is -2.27. The maximum Gasteiger partial charge on any atom is 0.182 e. The molecule has 0 atom stereocenters. The summed E-state index contributed by atoms with van der Waals surface area (Å²) in [6.07, 6.45) is 1.07. The van der Waals surface area contributed by atoms with Gasteiger partial charge in [0.1, 0.15) is 5.75 Å². The quantitative estimate of drug-likeness (QED) is 0.529. The molecular formula is C19H20Br2N2O2S. The fraction of sp³-hybridized carbons (Fsp3) is 0.263. The van der Waals surface area contributed by atoms with E-state index in [4.69, 9.17) is 4.74 Å². The third-order valence-electron chi connectivity index (χ3n) is 3.86. The first kappa shape index (κ1) is 21.0. The third-order valence-corrected chi connectivity index (χ3v) is 5.49. The maximum absolute atomic E-state index is 12.8. The highest BCUT2D eigenvalue weighted by Gasteiger charge is 2.20. The summed E-state index contributed by atoms with van der Waals surface area (Å²) in [7, 11) is 1.64. The summed E-state index contributed by atoms with van der Waals surface area (Å²) < 4.78 is 6.19. The summed E-state index contributed by atoms with van der Waals surface area (Å²) in [4.78, 5) is 19.4. The Labute approximate surface area is 176 Å². The smallest absolute Gasteiger partial charge is 0.182 e. The first-order valence-corrected chi connectivity index (χ1v) is 9.83. The Hall–Kier alpha value is -1.31. The van der Waals surface area contributed by atoms with E-state index in [-0.39, 0.29) is 29.3 Å². The van der Waals surface area contributed by atoms with Crippen molar-refractivity contribution in [1.29, 1.82) is 0 Å². The molecule has 138 valence electrons. The molecule has 0 unspecified atom stereocenters. The second kappa shape index (κ2) is 10.1. The minimum atomic E-state index is 0. The highest BCUT2D eigenvalue weighted by Crippen LogP contribution is 2.25. The third kappa shape index (κ3) is 5.34. The van der Waals surface area contributed by atoms with Crippen LogP contribution in [0.25, 0.3) is 0 Å². The normalized spacial score (nSPS) is 13.4. The number of rotatable bonds is 5. The van der Waals surface area contributed by atoms with E-state index in [0.29, 0.717) is 5.56 Å². The number of methoxy groups -OCH3 is 1. The standard InChI is InChI=1S/C19H19BrN2O2S.BrH/c1-24-17-9-7-16(8-10-17)22(19-21-11-2-12-25-19)13-18(23)14-3-5-15(20)6-4-14;/h3-10H,2,11-13H2,1H3;1H. The lowest BCUT2D eigenvalue weighted by molar-refractivity contribution is 0.100. The molecule has 1 heterocycles. The highest BCUT2D eigenvalue weighted by molar-refractivity contribution is 9.10. The predicted molar refractivity (Wildman–Crippen MR) is 119 cm³/mol. The highest BCUT2D eigenvalue weighted by atomic mass is 79.9. The van der Waals surface area contributed by atoms with Gasteiger partial charge in [-0.1, -0.05) is 39.8 Å². The average Bonchev–Trinajstić information content (AvgIpc) is 2.67. The minimum absolute atomic E-state index is 0. The molecule has 0 radical (unpaired) electrons. The lowest BCUT2D eigenvalue weighted by atomic mass is 10.1. The monoisotopic (exact) mass is 498 g/mol. The van der Waals surface area contributed by atoms with Gasteiger partial charge in [0, 0.05) is 28.0 Å². The predicted octanol–water partition coefficient (Wildman–Crippen LogP) is 5.22. The van der Waals surface area contributed by atoms with Crippen LogP contribution in [0.4, 0.5) is 5.69 Å². The number of carbonyl (C=O) groups is 1. The number of thioether (sulfide) groups is 1. The second-order valence-electron chi connectivity index (χ2n) is 5.58. The molecule has 0 aromatic heterocycles. The maximum atomic E-state index is 12.8. The first-order valence-electron chi connectivity index (χ1n) is 8.05. The lowest BCUT2D eigenvalue weighted by Crippen LogP contribution is -2.35. The van der Waals surface area contributed by atoms with E-state index in [2.05, 4.69) is 20.9 Å². The molecule has 1 aliphatic heterocycles. The number of ether oxygens (including phenoxy) is 1. The molecule has 0 fully saturated rings. The van der Waals surface area contributed by atoms with E-state index in [0.717, 1.165) is 39.8 Å². The van der Waals surface area contributed by atoms with Crippen LogP contribution in [0.3, 0.4) is 0 Å². The number of ketones is 1. The number of hydrogen-bond donors (Lipinski definition) is 0. The molecular weight excluding hydrogens is 480 g/mol. The summed E-state index contributed by atoms with van der Waals surface area (Å²) in [5, 5.41) is 0.905. The summed E-state index contributed by atoms with van der Waals surface area (Å²) in [6.45, 7) is 1.07. The number of Topliss-reactive ketones (excluding diaryl/α,β-unsaturated/α-hetero) is 1. The molecule has 0 saturated heterocycles. The summed E-state index contributed by atoms with van der Waals surface area (Å²) in [6, 6.07) is 15.2. The zero-order valence-corrected chi connectivity index (χ0v) is 18.5. The van der Waals surface area contributed by atoms with E-state index in [9.17, 15) is 4.79 Å². The van der Waals surface area contributed by atoms with Crippen molar-refractivity contribution in [1.82, 2.24) is 0 Å². The summed E-state index contributed by atoms with van der Waals surface area (Å²) in [5.41, 5.74) is 1.64. The van der Waals surface area contributed by atoms with Crippen molar-refractivity contribution in [3.8, 4) is 5.75 Å². The van der Waals surface area contributed by atoms with Gasteiger partial charge in [-0.2, -0.15) is 0 Å². The van der Waals surface area contributed by atoms with Crippen LogP contribution >= 0.6 is 44.7 Å². The molecule has 2 aromatic carbocycles. The number of hydrogen-bond acceptors (Lipinski definition) is 5. The van der Waals surface area contributed by atoms with Gasteiger partial charge in [0.05, 0.1) is 13.7 Å². The molecule has 1 aliphatic rings. The molecule has 0 aliphatic carbocycles. The van der Waals surface area contributed by atoms with Crippen molar-refractivity contribution in [2.24, 2.45) is 4.99 Å². The topological polar surface area (TPSA) is 41.9 Å². The molecule has 0 saturated carbocycles. The van der Waals surface area contributed by atoms with E-state index < -0.39 is 0 Å². The Morgan fingerprint density at radius 1 is 1.19 bits per heavy atom. The summed E-state index contributed by atoms with van der Waals surface area (Å²) >= 11 is 5.10. The van der Waals surface area contributed by atoms with Crippen LogP contribution in [0.1, 0.15) is 16.8 Å². The minimum Gasteiger partial charge on any atom is -0.497 e.